The Kier molecular flexibility index (Phi) is 3.67. The maximum absolute atomic E-state index is 12.5. The van der Waals surface area contributed by atoms with Crippen molar-refractivity contribution in [2.24, 2.45) is 0 Å². The fraction of sp³-hybridized carbons (Fsp3) is 0.429. The van der Waals surface area contributed by atoms with Gasteiger partial charge in [-0.05, 0) is 43.7 Å². The van der Waals surface area contributed by atoms with Gasteiger partial charge in [-0.2, -0.15) is 13.2 Å². The van der Waals surface area contributed by atoms with Gasteiger partial charge in [0.05, 0.1) is 23.5 Å². The number of hydrogen-bond donors (Lipinski definition) is 1. The van der Waals surface area contributed by atoms with E-state index in [9.17, 15) is 13.2 Å². The zero-order valence-electron chi connectivity index (χ0n) is 11.3. The van der Waals surface area contributed by atoms with Crippen LogP contribution in [0.15, 0.2) is 30.5 Å². The van der Waals surface area contributed by atoms with Crippen molar-refractivity contribution in [3.05, 3.63) is 41.7 Å². The Balaban J connectivity index is 1.79. The van der Waals surface area contributed by atoms with Crippen LogP contribution in [0.2, 0.25) is 0 Å². The molecule has 1 aliphatic rings. The number of hydrogen-bond acceptors (Lipinski definition) is 3. The van der Waals surface area contributed by atoms with Crippen molar-refractivity contribution < 1.29 is 13.2 Å². The average molecular weight is 296 g/mol. The van der Waals surface area contributed by atoms with E-state index in [1.807, 2.05) is 0 Å². The number of alkyl halides is 3. The van der Waals surface area contributed by atoms with Gasteiger partial charge in [-0.1, -0.05) is 11.6 Å². The normalized spacial score (nSPS) is 19.7. The molecule has 2 aromatic rings. The summed E-state index contributed by atoms with van der Waals surface area (Å²) in [6.07, 6.45) is 0.754. The SMILES string of the molecule is FC(F)(F)c1ccc(-n2cc(C3CCCCN3)nn2)cc1. The number of halogens is 3. The van der Waals surface area contributed by atoms with Crippen LogP contribution in [0.3, 0.4) is 0 Å². The lowest BCUT2D eigenvalue weighted by Gasteiger charge is -2.20. The van der Waals surface area contributed by atoms with E-state index in [-0.39, 0.29) is 6.04 Å². The van der Waals surface area contributed by atoms with Crippen LogP contribution in [0.1, 0.15) is 36.6 Å². The molecular weight excluding hydrogens is 281 g/mol. The lowest BCUT2D eigenvalue weighted by atomic mass is 10.0. The lowest BCUT2D eigenvalue weighted by Crippen LogP contribution is -2.27. The summed E-state index contributed by atoms with van der Waals surface area (Å²) >= 11 is 0. The summed E-state index contributed by atoms with van der Waals surface area (Å²) in [5.41, 5.74) is 0.729. The minimum atomic E-state index is -4.32. The first-order chi connectivity index (χ1) is 10.0. The Morgan fingerprint density at radius 2 is 1.90 bits per heavy atom. The number of rotatable bonds is 2. The van der Waals surface area contributed by atoms with E-state index in [0.717, 1.165) is 43.6 Å². The highest BCUT2D eigenvalue weighted by molar-refractivity contribution is 5.35. The molecule has 7 heteroatoms. The maximum atomic E-state index is 12.5. The molecule has 1 unspecified atom stereocenters. The van der Waals surface area contributed by atoms with E-state index in [2.05, 4.69) is 15.6 Å². The monoisotopic (exact) mass is 296 g/mol. The molecule has 3 rings (SSSR count). The van der Waals surface area contributed by atoms with Crippen molar-refractivity contribution >= 4 is 0 Å². The van der Waals surface area contributed by atoms with Crippen LogP contribution >= 0.6 is 0 Å². The van der Waals surface area contributed by atoms with Gasteiger partial charge in [0.2, 0.25) is 0 Å². The van der Waals surface area contributed by atoms with Gasteiger partial charge in [0, 0.05) is 0 Å². The maximum Gasteiger partial charge on any atom is 0.416 e. The smallest absolute Gasteiger partial charge is 0.309 e. The van der Waals surface area contributed by atoms with Gasteiger partial charge in [-0.25, -0.2) is 4.68 Å². The van der Waals surface area contributed by atoms with Crippen LogP contribution in [0.4, 0.5) is 13.2 Å². The molecule has 1 saturated heterocycles. The van der Waals surface area contributed by atoms with Gasteiger partial charge in [0.15, 0.2) is 0 Å². The van der Waals surface area contributed by atoms with Crippen molar-refractivity contribution in [3.8, 4) is 5.69 Å². The summed E-state index contributed by atoms with van der Waals surface area (Å²) in [7, 11) is 0. The molecule has 0 amide bonds. The average Bonchev–Trinajstić information content (AvgIpc) is 2.97. The van der Waals surface area contributed by atoms with Gasteiger partial charge in [-0.3, -0.25) is 0 Å². The molecule has 0 aliphatic carbocycles. The molecular formula is C14H15F3N4. The third-order valence-electron chi connectivity index (χ3n) is 3.64. The molecule has 1 atom stereocenters. The first-order valence-electron chi connectivity index (χ1n) is 6.87. The third-order valence-corrected chi connectivity index (χ3v) is 3.64. The Morgan fingerprint density at radius 3 is 2.52 bits per heavy atom. The Hall–Kier alpha value is -1.89. The Morgan fingerprint density at radius 1 is 1.14 bits per heavy atom. The second-order valence-corrected chi connectivity index (χ2v) is 5.14. The molecule has 1 aromatic heterocycles. The van der Waals surface area contributed by atoms with Gasteiger partial charge in [0.25, 0.3) is 0 Å². The second kappa shape index (κ2) is 5.48. The number of aromatic nitrogens is 3. The van der Waals surface area contributed by atoms with Crippen molar-refractivity contribution in [2.45, 2.75) is 31.5 Å². The minimum Gasteiger partial charge on any atom is -0.309 e. The molecule has 0 spiro atoms. The largest absolute Gasteiger partial charge is 0.416 e. The molecule has 4 nitrogen and oxygen atoms in total. The Bertz CT molecular complexity index is 597. The molecule has 2 heterocycles. The lowest BCUT2D eigenvalue weighted by molar-refractivity contribution is -0.137. The Labute approximate surface area is 120 Å². The van der Waals surface area contributed by atoms with Crippen LogP contribution in [-0.4, -0.2) is 21.5 Å². The summed E-state index contributed by atoms with van der Waals surface area (Å²) in [5.74, 6) is 0. The molecule has 1 fully saturated rings. The van der Waals surface area contributed by atoms with Gasteiger partial charge in [-0.15, -0.1) is 5.10 Å². The molecule has 0 bridgehead atoms. The van der Waals surface area contributed by atoms with Gasteiger partial charge in [0.1, 0.15) is 5.69 Å². The van der Waals surface area contributed by atoms with Crippen LogP contribution in [0.5, 0.6) is 0 Å². The molecule has 1 aromatic carbocycles. The number of nitrogens with one attached hydrogen (secondary N) is 1. The number of piperidine rings is 1. The third kappa shape index (κ3) is 3.07. The van der Waals surface area contributed by atoms with Crippen LogP contribution in [0, 0.1) is 0 Å². The summed E-state index contributed by atoms with van der Waals surface area (Å²) in [6.45, 7) is 0.956. The standard InChI is InChI=1S/C14H15F3N4/c15-14(16,17)10-4-6-11(7-5-10)21-9-13(19-20-21)12-3-1-2-8-18-12/h4-7,9,12,18H,1-3,8H2. The molecule has 0 radical (unpaired) electrons. The van der Waals surface area contributed by atoms with Crippen LogP contribution in [0.25, 0.3) is 5.69 Å². The van der Waals surface area contributed by atoms with Crippen molar-refractivity contribution in [1.29, 1.82) is 0 Å². The first-order valence-corrected chi connectivity index (χ1v) is 6.87. The summed E-state index contributed by atoms with van der Waals surface area (Å²) in [4.78, 5) is 0. The zero-order chi connectivity index (χ0) is 14.9. The second-order valence-electron chi connectivity index (χ2n) is 5.14. The molecule has 1 N–H and O–H groups in total. The van der Waals surface area contributed by atoms with Crippen LogP contribution < -0.4 is 5.32 Å². The van der Waals surface area contributed by atoms with Crippen molar-refractivity contribution in [1.82, 2.24) is 20.3 Å². The minimum absolute atomic E-state index is 0.182. The van der Waals surface area contributed by atoms with Gasteiger partial charge >= 0.3 is 6.18 Å². The van der Waals surface area contributed by atoms with E-state index in [1.165, 1.54) is 16.8 Å². The summed E-state index contributed by atoms with van der Waals surface area (Å²) in [5, 5.41) is 11.5. The van der Waals surface area contributed by atoms with E-state index < -0.39 is 11.7 Å². The van der Waals surface area contributed by atoms with E-state index in [4.69, 9.17) is 0 Å². The predicted octanol–water partition coefficient (Wildman–Crippen LogP) is 3.10. The molecule has 112 valence electrons. The number of benzene rings is 1. The highest BCUT2D eigenvalue weighted by atomic mass is 19.4. The fourth-order valence-electron chi connectivity index (χ4n) is 2.47. The molecule has 0 saturated carbocycles. The van der Waals surface area contributed by atoms with E-state index >= 15 is 0 Å². The van der Waals surface area contributed by atoms with E-state index in [1.54, 1.807) is 6.20 Å². The fourth-order valence-corrected chi connectivity index (χ4v) is 2.47. The highest BCUT2D eigenvalue weighted by Crippen LogP contribution is 2.29. The van der Waals surface area contributed by atoms with Crippen LogP contribution in [-0.2, 0) is 6.18 Å². The van der Waals surface area contributed by atoms with Crippen molar-refractivity contribution in [3.63, 3.8) is 0 Å². The highest BCUT2D eigenvalue weighted by Gasteiger charge is 2.30. The number of nitrogens with zero attached hydrogens (tertiary/aromatic N) is 3. The topological polar surface area (TPSA) is 42.7 Å². The van der Waals surface area contributed by atoms with Gasteiger partial charge < -0.3 is 5.32 Å². The quantitative estimate of drug-likeness (QED) is 0.926. The summed E-state index contributed by atoms with van der Waals surface area (Å²) < 4.78 is 39.1. The summed E-state index contributed by atoms with van der Waals surface area (Å²) in [6, 6.07) is 5.08. The zero-order valence-corrected chi connectivity index (χ0v) is 11.3. The molecule has 1 aliphatic heterocycles. The predicted molar refractivity (Wildman–Crippen MR) is 71.0 cm³/mol. The molecule has 21 heavy (non-hydrogen) atoms. The van der Waals surface area contributed by atoms with Crippen molar-refractivity contribution in [2.75, 3.05) is 6.54 Å². The van der Waals surface area contributed by atoms with E-state index in [0.29, 0.717) is 5.69 Å². The first kappa shape index (κ1) is 14.1.